The second kappa shape index (κ2) is 15.2. The standard InChI is InChI=1S/C32H44N2O6/c1-7-8-9-10-23(4)34(20-24-11-13-25(14-12-24)39-18-17-22(2)3)31(30-28(35)21-40-32(30)36)33-27-16-15-26(37-5)19-29(27)38-6/h11-16,19,22-23,33H,7-10,17-18,20-21H2,1-6H3/b31-30+. The van der Waals surface area contributed by atoms with Crippen molar-refractivity contribution in [2.24, 2.45) is 5.92 Å². The van der Waals surface area contributed by atoms with Crippen molar-refractivity contribution >= 4 is 17.4 Å². The van der Waals surface area contributed by atoms with E-state index in [2.05, 4.69) is 37.9 Å². The number of hydrogen-bond acceptors (Lipinski definition) is 8. The molecule has 218 valence electrons. The summed E-state index contributed by atoms with van der Waals surface area (Å²) in [6.07, 6.45) is 5.12. The fraction of sp³-hybridized carbons (Fsp3) is 0.500. The van der Waals surface area contributed by atoms with Crippen molar-refractivity contribution in [3.63, 3.8) is 0 Å². The van der Waals surface area contributed by atoms with Gasteiger partial charge in [-0.1, -0.05) is 52.2 Å². The van der Waals surface area contributed by atoms with E-state index in [-0.39, 0.29) is 24.0 Å². The van der Waals surface area contributed by atoms with Gasteiger partial charge < -0.3 is 29.2 Å². The molecular formula is C32H44N2O6. The molecule has 0 spiro atoms. The summed E-state index contributed by atoms with van der Waals surface area (Å²) in [5.74, 6) is 2.00. The maximum atomic E-state index is 13.0. The zero-order valence-electron chi connectivity index (χ0n) is 24.7. The van der Waals surface area contributed by atoms with Crippen molar-refractivity contribution in [2.45, 2.75) is 72.4 Å². The summed E-state index contributed by atoms with van der Waals surface area (Å²) in [5, 5.41) is 3.37. The van der Waals surface area contributed by atoms with Crippen molar-refractivity contribution < 1.29 is 28.5 Å². The lowest BCUT2D eigenvalue weighted by Crippen LogP contribution is -2.37. The maximum absolute atomic E-state index is 13.0. The van der Waals surface area contributed by atoms with Gasteiger partial charge in [-0.3, -0.25) is 4.79 Å². The van der Waals surface area contributed by atoms with Gasteiger partial charge in [0.2, 0.25) is 5.78 Å². The SMILES string of the molecule is CCCCCC(C)N(Cc1ccc(OCCC(C)C)cc1)/C(Nc1ccc(OC)cc1OC)=C1\C(=O)COC1=O. The zero-order chi connectivity index (χ0) is 29.1. The van der Waals surface area contributed by atoms with Crippen LogP contribution in [0.3, 0.4) is 0 Å². The Balaban J connectivity index is 2.00. The number of nitrogens with one attached hydrogen (secondary N) is 1. The molecule has 0 aliphatic carbocycles. The third kappa shape index (κ3) is 8.41. The van der Waals surface area contributed by atoms with Gasteiger partial charge in [-0.05, 0) is 55.5 Å². The van der Waals surface area contributed by atoms with Crippen LogP contribution in [0.25, 0.3) is 0 Å². The van der Waals surface area contributed by atoms with Gasteiger partial charge in [0.25, 0.3) is 0 Å². The van der Waals surface area contributed by atoms with E-state index in [1.807, 2.05) is 30.3 Å². The van der Waals surface area contributed by atoms with E-state index < -0.39 is 5.97 Å². The summed E-state index contributed by atoms with van der Waals surface area (Å²) in [7, 11) is 3.15. The lowest BCUT2D eigenvalue weighted by atomic mass is 10.1. The van der Waals surface area contributed by atoms with E-state index in [0.717, 1.165) is 43.4 Å². The van der Waals surface area contributed by atoms with Gasteiger partial charge in [-0.25, -0.2) is 4.79 Å². The number of ketones is 1. The molecule has 1 atom stereocenters. The number of carbonyl (C=O) groups excluding carboxylic acids is 2. The Morgan fingerprint density at radius 3 is 2.30 bits per heavy atom. The van der Waals surface area contributed by atoms with Gasteiger partial charge in [-0.2, -0.15) is 0 Å². The number of hydrogen-bond donors (Lipinski definition) is 1. The van der Waals surface area contributed by atoms with Crippen molar-refractivity contribution in [2.75, 3.05) is 32.8 Å². The van der Waals surface area contributed by atoms with Crippen LogP contribution in [-0.4, -0.2) is 50.1 Å². The van der Waals surface area contributed by atoms with Crippen molar-refractivity contribution in [3.05, 3.63) is 59.4 Å². The van der Waals surface area contributed by atoms with E-state index in [4.69, 9.17) is 18.9 Å². The third-order valence-electron chi connectivity index (χ3n) is 7.00. The third-order valence-corrected chi connectivity index (χ3v) is 7.00. The van der Waals surface area contributed by atoms with Crippen LogP contribution >= 0.6 is 0 Å². The second-order valence-electron chi connectivity index (χ2n) is 10.6. The van der Waals surface area contributed by atoms with Crippen LogP contribution in [0, 0.1) is 5.92 Å². The quantitative estimate of drug-likeness (QED) is 0.112. The number of methoxy groups -OCH3 is 2. The molecule has 1 N–H and O–H groups in total. The minimum atomic E-state index is -0.625. The van der Waals surface area contributed by atoms with Crippen LogP contribution in [0.1, 0.15) is 65.4 Å². The van der Waals surface area contributed by atoms with Gasteiger partial charge in [-0.15, -0.1) is 0 Å². The molecule has 0 radical (unpaired) electrons. The molecule has 1 aliphatic rings. The van der Waals surface area contributed by atoms with Crippen LogP contribution in [0.15, 0.2) is 53.9 Å². The minimum Gasteiger partial charge on any atom is -0.497 e. The molecule has 1 unspecified atom stereocenters. The van der Waals surface area contributed by atoms with Gasteiger partial charge in [0.05, 0.1) is 26.5 Å². The summed E-state index contributed by atoms with van der Waals surface area (Å²) < 4.78 is 22.0. The Morgan fingerprint density at radius 1 is 0.975 bits per heavy atom. The highest BCUT2D eigenvalue weighted by molar-refractivity contribution is 6.22. The molecule has 0 aromatic heterocycles. The monoisotopic (exact) mass is 552 g/mol. The van der Waals surface area contributed by atoms with E-state index in [1.165, 1.54) is 0 Å². The predicted molar refractivity (Wildman–Crippen MR) is 157 cm³/mol. The van der Waals surface area contributed by atoms with Crippen molar-refractivity contribution in [1.29, 1.82) is 0 Å². The van der Waals surface area contributed by atoms with Crippen LogP contribution in [0.2, 0.25) is 0 Å². The summed E-state index contributed by atoms with van der Waals surface area (Å²) in [4.78, 5) is 27.9. The van der Waals surface area contributed by atoms with E-state index in [0.29, 0.717) is 42.1 Å². The smallest absolute Gasteiger partial charge is 0.346 e. The van der Waals surface area contributed by atoms with Gasteiger partial charge >= 0.3 is 5.97 Å². The topological polar surface area (TPSA) is 86.3 Å². The second-order valence-corrected chi connectivity index (χ2v) is 10.6. The average Bonchev–Trinajstić information content (AvgIpc) is 3.28. The summed E-state index contributed by atoms with van der Waals surface area (Å²) in [5.41, 5.74) is 1.66. The molecule has 8 heteroatoms. The number of carbonyl (C=O) groups is 2. The molecule has 0 saturated carbocycles. The van der Waals surface area contributed by atoms with Crippen molar-refractivity contribution in [3.8, 4) is 17.2 Å². The Morgan fingerprint density at radius 2 is 1.70 bits per heavy atom. The first-order valence-corrected chi connectivity index (χ1v) is 14.2. The number of Topliss-reactive ketones (excluding diaryl/α,β-unsaturated/α-hetero) is 1. The van der Waals surface area contributed by atoms with Crippen molar-refractivity contribution in [1.82, 2.24) is 4.90 Å². The molecule has 1 aliphatic heterocycles. The Kier molecular flexibility index (Phi) is 11.7. The Hall–Kier alpha value is -3.68. The normalized spacial score (nSPS) is 15.1. The highest BCUT2D eigenvalue weighted by Gasteiger charge is 2.35. The Bertz CT molecular complexity index is 1140. The number of anilines is 1. The van der Waals surface area contributed by atoms with Crippen LogP contribution in [0.5, 0.6) is 17.2 Å². The minimum absolute atomic E-state index is 0.0221. The number of cyclic esters (lactones) is 1. The first-order chi connectivity index (χ1) is 19.3. The highest BCUT2D eigenvalue weighted by atomic mass is 16.5. The number of rotatable bonds is 16. The largest absolute Gasteiger partial charge is 0.497 e. The van der Waals surface area contributed by atoms with Crippen LogP contribution in [0.4, 0.5) is 5.69 Å². The number of ether oxygens (including phenoxy) is 4. The predicted octanol–water partition coefficient (Wildman–Crippen LogP) is 6.35. The lowest BCUT2D eigenvalue weighted by molar-refractivity contribution is -0.135. The fourth-order valence-electron chi connectivity index (χ4n) is 4.53. The summed E-state index contributed by atoms with van der Waals surface area (Å²) in [6, 6.07) is 13.4. The maximum Gasteiger partial charge on any atom is 0.346 e. The molecular weight excluding hydrogens is 508 g/mol. The lowest BCUT2D eigenvalue weighted by Gasteiger charge is -2.35. The summed E-state index contributed by atoms with van der Waals surface area (Å²) in [6.45, 7) is 9.53. The average molecular weight is 553 g/mol. The van der Waals surface area contributed by atoms with Crippen LogP contribution < -0.4 is 19.5 Å². The van der Waals surface area contributed by atoms with E-state index in [1.54, 1.807) is 26.4 Å². The first-order valence-electron chi connectivity index (χ1n) is 14.2. The molecule has 8 nitrogen and oxygen atoms in total. The molecule has 2 aromatic rings. The van der Waals surface area contributed by atoms with Gasteiger partial charge in [0.15, 0.2) is 6.61 Å². The fourth-order valence-corrected chi connectivity index (χ4v) is 4.53. The van der Waals surface area contributed by atoms with Gasteiger partial charge in [0.1, 0.15) is 28.6 Å². The molecule has 0 bridgehead atoms. The molecule has 40 heavy (non-hydrogen) atoms. The van der Waals surface area contributed by atoms with Crippen LogP contribution in [-0.2, 0) is 20.9 Å². The molecule has 1 heterocycles. The number of nitrogens with zero attached hydrogens (tertiary/aromatic N) is 1. The number of benzene rings is 2. The molecule has 3 rings (SSSR count). The number of esters is 1. The highest BCUT2D eigenvalue weighted by Crippen LogP contribution is 2.33. The zero-order valence-corrected chi connectivity index (χ0v) is 24.7. The summed E-state index contributed by atoms with van der Waals surface area (Å²) >= 11 is 0. The molecule has 2 aromatic carbocycles. The van der Waals surface area contributed by atoms with Gasteiger partial charge in [0, 0.05) is 18.7 Å². The first kappa shape index (κ1) is 30.9. The molecule has 0 amide bonds. The molecule has 1 saturated heterocycles. The Labute approximate surface area is 238 Å². The molecule has 1 fully saturated rings. The van der Waals surface area contributed by atoms with E-state index >= 15 is 0 Å². The van der Waals surface area contributed by atoms with E-state index in [9.17, 15) is 9.59 Å². The number of unbranched alkanes of at least 4 members (excludes halogenated alkanes) is 2.